The summed E-state index contributed by atoms with van der Waals surface area (Å²) in [4.78, 5) is 12.9. The Labute approximate surface area is 189 Å². The fourth-order valence-corrected chi connectivity index (χ4v) is 3.26. The second-order valence-corrected chi connectivity index (χ2v) is 7.68. The molecule has 8 nitrogen and oxygen atoms in total. The van der Waals surface area contributed by atoms with Crippen LogP contribution in [0.25, 0.3) is 22.6 Å². The highest BCUT2D eigenvalue weighted by Crippen LogP contribution is 2.26. The van der Waals surface area contributed by atoms with E-state index in [1.807, 2.05) is 6.92 Å². The number of halogens is 2. The van der Waals surface area contributed by atoms with E-state index in [1.54, 1.807) is 24.4 Å². The van der Waals surface area contributed by atoms with E-state index in [-0.39, 0.29) is 28.9 Å². The van der Waals surface area contributed by atoms with E-state index in [2.05, 4.69) is 30.5 Å². The van der Waals surface area contributed by atoms with Gasteiger partial charge in [0.15, 0.2) is 5.82 Å². The first-order chi connectivity index (χ1) is 16.0. The first-order valence-electron chi connectivity index (χ1n) is 10.6. The fourth-order valence-electron chi connectivity index (χ4n) is 3.26. The summed E-state index contributed by atoms with van der Waals surface area (Å²) in [6.07, 6.45) is 8.21. The van der Waals surface area contributed by atoms with Gasteiger partial charge in [-0.1, -0.05) is 6.92 Å². The summed E-state index contributed by atoms with van der Waals surface area (Å²) in [6.45, 7) is 3.48. The van der Waals surface area contributed by atoms with Gasteiger partial charge in [-0.25, -0.2) is 13.8 Å². The van der Waals surface area contributed by atoms with Crippen LogP contribution in [0.4, 0.5) is 8.78 Å². The Balaban J connectivity index is 1.62. The lowest BCUT2D eigenvalue weighted by molar-refractivity contribution is 0.449. The van der Waals surface area contributed by atoms with Crippen molar-refractivity contribution in [2.75, 3.05) is 13.1 Å². The summed E-state index contributed by atoms with van der Waals surface area (Å²) < 4.78 is 30.1. The van der Waals surface area contributed by atoms with Gasteiger partial charge in [0.2, 0.25) is 0 Å². The van der Waals surface area contributed by atoms with Gasteiger partial charge in [0.25, 0.3) is 0 Å². The molecule has 0 saturated carbocycles. The van der Waals surface area contributed by atoms with E-state index in [9.17, 15) is 4.39 Å². The zero-order chi connectivity index (χ0) is 23.4. The number of rotatable bonds is 8. The Bertz CT molecular complexity index is 1270. The van der Waals surface area contributed by atoms with E-state index in [0.29, 0.717) is 34.9 Å². The standard InChI is InChI=1S/C23H24F2N8/c1-2-15(27)3-4-21-31-22(33-32-21)6-17-19(24)7-20-18(23(17)25)5-13(9-30-20)14(8-26)10-29-16-11-28-12-16/h3-5,7-10,16,27-28H,2,6,11-12,26H2,1H3,(H,31,32,33). The second-order valence-electron chi connectivity index (χ2n) is 7.68. The number of aliphatic imine (C=N–C) groups is 1. The molecular weight excluding hydrogens is 426 g/mol. The van der Waals surface area contributed by atoms with Gasteiger partial charge in [-0.3, -0.25) is 15.1 Å². The Hall–Kier alpha value is -3.79. The number of nitrogens with one attached hydrogen (secondary N) is 3. The minimum Gasteiger partial charge on any atom is -0.404 e. The maximum atomic E-state index is 15.4. The van der Waals surface area contributed by atoms with Crippen molar-refractivity contribution < 1.29 is 8.78 Å². The highest BCUT2D eigenvalue weighted by Gasteiger charge is 2.18. The van der Waals surface area contributed by atoms with Crippen molar-refractivity contribution in [3.05, 3.63) is 65.0 Å². The van der Waals surface area contributed by atoms with E-state index >= 15 is 4.39 Å². The van der Waals surface area contributed by atoms with E-state index in [1.165, 1.54) is 18.5 Å². The molecule has 1 aromatic carbocycles. The Morgan fingerprint density at radius 1 is 1.33 bits per heavy atom. The van der Waals surface area contributed by atoms with Crippen molar-refractivity contribution in [2.24, 2.45) is 10.7 Å². The van der Waals surface area contributed by atoms with Gasteiger partial charge in [-0.2, -0.15) is 5.10 Å². The number of aromatic nitrogens is 4. The van der Waals surface area contributed by atoms with Gasteiger partial charge in [0, 0.05) is 72.0 Å². The van der Waals surface area contributed by atoms with Crippen LogP contribution in [0.15, 0.2) is 35.6 Å². The third-order valence-corrected chi connectivity index (χ3v) is 5.38. The van der Waals surface area contributed by atoms with Crippen molar-refractivity contribution >= 4 is 34.5 Å². The molecule has 1 aliphatic rings. The van der Waals surface area contributed by atoms with Crippen LogP contribution in [0.3, 0.4) is 0 Å². The SMILES string of the molecule is CCC(=N)C=Cc1n[nH]c(Cc2c(F)cc3ncc(C(C=NC4CNC4)=CN)cc3c2F)n1. The number of hydrogen-bond acceptors (Lipinski definition) is 7. The monoisotopic (exact) mass is 450 g/mol. The summed E-state index contributed by atoms with van der Waals surface area (Å²) in [6, 6.07) is 2.99. The average Bonchev–Trinajstić information content (AvgIpc) is 3.24. The van der Waals surface area contributed by atoms with E-state index in [4.69, 9.17) is 11.1 Å². The topological polar surface area (TPSA) is 129 Å². The number of nitrogens with two attached hydrogens (primary N) is 1. The van der Waals surface area contributed by atoms with Crippen LogP contribution < -0.4 is 11.1 Å². The minimum absolute atomic E-state index is 0.111. The lowest BCUT2D eigenvalue weighted by atomic mass is 10.0. The van der Waals surface area contributed by atoms with Crippen LogP contribution in [0.1, 0.15) is 36.1 Å². The molecule has 3 heterocycles. The maximum Gasteiger partial charge on any atom is 0.173 e. The molecule has 0 aliphatic carbocycles. The number of allylic oxidation sites excluding steroid dienone is 2. The van der Waals surface area contributed by atoms with Crippen molar-refractivity contribution in [2.45, 2.75) is 25.8 Å². The molecule has 1 aliphatic heterocycles. The third-order valence-electron chi connectivity index (χ3n) is 5.38. The Kier molecular flexibility index (Phi) is 6.64. The van der Waals surface area contributed by atoms with Crippen LogP contribution in [0.5, 0.6) is 0 Å². The van der Waals surface area contributed by atoms with E-state index < -0.39 is 11.6 Å². The molecular formula is C23H24F2N8. The number of nitrogens with zero attached hydrogens (tertiary/aromatic N) is 4. The summed E-state index contributed by atoms with van der Waals surface area (Å²) >= 11 is 0. The smallest absolute Gasteiger partial charge is 0.173 e. The number of pyridine rings is 1. The van der Waals surface area contributed by atoms with Crippen molar-refractivity contribution in [1.82, 2.24) is 25.5 Å². The van der Waals surface area contributed by atoms with Crippen LogP contribution in [-0.2, 0) is 6.42 Å². The molecule has 1 fully saturated rings. The van der Waals surface area contributed by atoms with Crippen LogP contribution in [-0.4, -0.2) is 51.2 Å². The number of H-pyrrole nitrogens is 1. The molecule has 0 spiro atoms. The van der Waals surface area contributed by atoms with Crippen molar-refractivity contribution in [3.8, 4) is 0 Å². The van der Waals surface area contributed by atoms with Gasteiger partial charge in [0.1, 0.15) is 17.5 Å². The van der Waals surface area contributed by atoms with Gasteiger partial charge in [-0.05, 0) is 24.6 Å². The molecule has 4 rings (SSSR count). The van der Waals surface area contributed by atoms with Crippen LogP contribution in [0.2, 0.25) is 0 Å². The first kappa shape index (κ1) is 22.4. The van der Waals surface area contributed by atoms with E-state index in [0.717, 1.165) is 13.1 Å². The predicted molar refractivity (Wildman–Crippen MR) is 125 cm³/mol. The number of fused-ring (bicyclic) bond motifs is 1. The van der Waals surface area contributed by atoms with Gasteiger partial charge in [0.05, 0.1) is 11.6 Å². The molecule has 0 amide bonds. The molecule has 0 radical (unpaired) electrons. The molecule has 3 aromatic rings. The molecule has 33 heavy (non-hydrogen) atoms. The molecule has 0 unspecified atom stereocenters. The van der Waals surface area contributed by atoms with Crippen LogP contribution >= 0.6 is 0 Å². The highest BCUT2D eigenvalue weighted by atomic mass is 19.1. The Morgan fingerprint density at radius 2 is 2.15 bits per heavy atom. The normalized spacial score (nSPS) is 15.1. The largest absolute Gasteiger partial charge is 0.404 e. The lowest BCUT2D eigenvalue weighted by Gasteiger charge is -2.22. The Morgan fingerprint density at radius 3 is 2.85 bits per heavy atom. The summed E-state index contributed by atoms with van der Waals surface area (Å²) in [7, 11) is 0. The zero-order valence-electron chi connectivity index (χ0n) is 18.1. The lowest BCUT2D eigenvalue weighted by Crippen LogP contribution is -2.45. The number of hydrogen-bond donors (Lipinski definition) is 4. The van der Waals surface area contributed by atoms with Gasteiger partial charge < -0.3 is 16.5 Å². The zero-order valence-corrected chi connectivity index (χ0v) is 18.1. The third kappa shape index (κ3) is 5.01. The van der Waals surface area contributed by atoms with Crippen LogP contribution in [0, 0.1) is 17.0 Å². The molecule has 170 valence electrons. The molecule has 2 aromatic heterocycles. The predicted octanol–water partition coefficient (Wildman–Crippen LogP) is 3.01. The average molecular weight is 450 g/mol. The first-order valence-corrected chi connectivity index (χ1v) is 10.6. The highest BCUT2D eigenvalue weighted by molar-refractivity contribution is 6.10. The minimum atomic E-state index is -0.713. The summed E-state index contributed by atoms with van der Waals surface area (Å²) in [5, 5.41) is 17.7. The number of aromatic amines is 1. The quantitative estimate of drug-likeness (QED) is 0.392. The molecule has 0 bridgehead atoms. The second kappa shape index (κ2) is 9.78. The fraction of sp³-hybridized carbons (Fsp3) is 0.261. The van der Waals surface area contributed by atoms with Gasteiger partial charge in [-0.15, -0.1) is 0 Å². The maximum absolute atomic E-state index is 15.4. The van der Waals surface area contributed by atoms with Crippen molar-refractivity contribution in [1.29, 1.82) is 5.41 Å². The molecule has 1 saturated heterocycles. The molecule has 5 N–H and O–H groups in total. The molecule has 10 heteroatoms. The van der Waals surface area contributed by atoms with Gasteiger partial charge >= 0.3 is 0 Å². The number of benzene rings is 1. The molecule has 0 atom stereocenters. The van der Waals surface area contributed by atoms with Crippen molar-refractivity contribution in [3.63, 3.8) is 0 Å². The summed E-state index contributed by atoms with van der Waals surface area (Å²) in [5.74, 6) is -0.776. The summed E-state index contributed by atoms with van der Waals surface area (Å²) in [5.41, 5.74) is 7.44.